The Morgan fingerprint density at radius 2 is 1.61 bits per heavy atom. The van der Waals surface area contributed by atoms with Crippen LogP contribution in [0.5, 0.6) is 0 Å². The van der Waals surface area contributed by atoms with Crippen LogP contribution in [0.3, 0.4) is 0 Å². The molecule has 1 amide bonds. The van der Waals surface area contributed by atoms with Crippen LogP contribution < -0.4 is 5.32 Å². The third-order valence-electron chi connectivity index (χ3n) is 15.8. The van der Waals surface area contributed by atoms with Crippen molar-refractivity contribution < 1.29 is 14.3 Å². The summed E-state index contributed by atoms with van der Waals surface area (Å²) in [5, 5.41) is 3.39. The van der Waals surface area contributed by atoms with Crippen LogP contribution in [0.1, 0.15) is 153 Å². The zero-order valence-electron chi connectivity index (χ0n) is 33.3. The standard InChI is InChI=1S/C44H71NO3S/c1-30(2)13-12-14-31(3)19-27-49-28-26-45-38(47)41(8)23-22-40(7)24-25-43(10)33(34(40)29-41)15-16-36-42(9)20-18-37(48-32(4)46)39(5,6)35(42)17-21-44(36,43)11/h13,15,19,34-37H,12,14,16-18,20-29H2,1-11H3,(H,45,47)/t34-,35?,36+,37-,40+,41?,42-,43+,44+/m0/s1. The van der Waals surface area contributed by atoms with Gasteiger partial charge in [0.25, 0.3) is 0 Å². The largest absolute Gasteiger partial charge is 0.462 e. The Morgan fingerprint density at radius 3 is 2.31 bits per heavy atom. The number of hydrogen-bond donors (Lipinski definition) is 1. The lowest BCUT2D eigenvalue weighted by Gasteiger charge is -2.71. The predicted octanol–water partition coefficient (Wildman–Crippen LogP) is 11.3. The van der Waals surface area contributed by atoms with E-state index in [0.29, 0.717) is 17.8 Å². The number of hydrogen-bond acceptors (Lipinski definition) is 4. The van der Waals surface area contributed by atoms with Crippen molar-refractivity contribution >= 4 is 23.6 Å². The van der Waals surface area contributed by atoms with Crippen LogP contribution in [-0.2, 0) is 14.3 Å². The number of fused-ring (bicyclic) bond motifs is 7. The molecule has 5 heteroatoms. The van der Waals surface area contributed by atoms with Crippen LogP contribution >= 0.6 is 11.8 Å². The number of amides is 1. The molecule has 4 saturated carbocycles. The van der Waals surface area contributed by atoms with E-state index in [-0.39, 0.29) is 50.5 Å². The van der Waals surface area contributed by atoms with E-state index in [9.17, 15) is 9.59 Å². The fraction of sp³-hybridized carbons (Fsp3) is 0.818. The molecule has 4 fully saturated rings. The van der Waals surface area contributed by atoms with E-state index >= 15 is 0 Å². The summed E-state index contributed by atoms with van der Waals surface area (Å²) in [7, 11) is 0. The van der Waals surface area contributed by atoms with Crippen LogP contribution in [0.25, 0.3) is 0 Å². The van der Waals surface area contributed by atoms with E-state index < -0.39 is 0 Å². The summed E-state index contributed by atoms with van der Waals surface area (Å²) in [6, 6.07) is 0. The van der Waals surface area contributed by atoms with Gasteiger partial charge in [-0.05, 0) is 137 Å². The summed E-state index contributed by atoms with van der Waals surface area (Å²) in [6.45, 7) is 26.3. The van der Waals surface area contributed by atoms with Gasteiger partial charge in [-0.25, -0.2) is 0 Å². The van der Waals surface area contributed by atoms with Gasteiger partial charge < -0.3 is 10.1 Å². The predicted molar refractivity (Wildman–Crippen MR) is 207 cm³/mol. The first-order valence-electron chi connectivity index (χ1n) is 19.9. The molecule has 0 aliphatic heterocycles. The maximum absolute atomic E-state index is 13.9. The molecule has 5 aliphatic carbocycles. The Labute approximate surface area is 304 Å². The molecule has 276 valence electrons. The van der Waals surface area contributed by atoms with Gasteiger partial charge in [0, 0.05) is 35.8 Å². The van der Waals surface area contributed by atoms with Crippen molar-refractivity contribution in [1.82, 2.24) is 5.32 Å². The Bertz CT molecular complexity index is 1360. The topological polar surface area (TPSA) is 55.4 Å². The first kappa shape index (κ1) is 38.7. The number of esters is 1. The minimum atomic E-state index is -0.310. The second-order valence-electron chi connectivity index (χ2n) is 19.4. The molecule has 5 rings (SSSR count). The molecule has 5 aliphatic rings. The summed E-state index contributed by atoms with van der Waals surface area (Å²) in [6.07, 6.45) is 21.0. The van der Waals surface area contributed by atoms with Gasteiger partial charge in [-0.3, -0.25) is 9.59 Å². The third kappa shape index (κ3) is 7.03. The van der Waals surface area contributed by atoms with Crippen molar-refractivity contribution in [1.29, 1.82) is 0 Å². The molecule has 9 atom stereocenters. The monoisotopic (exact) mass is 694 g/mol. The van der Waals surface area contributed by atoms with Gasteiger partial charge >= 0.3 is 5.97 Å². The van der Waals surface area contributed by atoms with Gasteiger partial charge in [-0.1, -0.05) is 83.4 Å². The molecule has 0 aromatic carbocycles. The fourth-order valence-corrected chi connectivity index (χ4v) is 13.2. The average Bonchev–Trinajstić information content (AvgIpc) is 3.01. The van der Waals surface area contributed by atoms with Crippen molar-refractivity contribution in [2.24, 2.45) is 50.2 Å². The molecule has 4 nitrogen and oxygen atoms in total. The molecular weight excluding hydrogens is 623 g/mol. The summed E-state index contributed by atoms with van der Waals surface area (Å²) >= 11 is 1.92. The molecular formula is C44H71NO3S. The van der Waals surface area contributed by atoms with Crippen LogP contribution in [0.2, 0.25) is 0 Å². The van der Waals surface area contributed by atoms with Gasteiger partial charge in [-0.2, -0.15) is 11.8 Å². The second kappa shape index (κ2) is 14.1. The van der Waals surface area contributed by atoms with Crippen LogP contribution in [0.4, 0.5) is 0 Å². The molecule has 0 aromatic rings. The van der Waals surface area contributed by atoms with Crippen molar-refractivity contribution in [3.8, 4) is 0 Å². The lowest BCUT2D eigenvalue weighted by atomic mass is 9.33. The van der Waals surface area contributed by atoms with Crippen LogP contribution in [0, 0.1) is 50.2 Å². The molecule has 49 heavy (non-hydrogen) atoms. The fourth-order valence-electron chi connectivity index (χ4n) is 12.4. The lowest BCUT2D eigenvalue weighted by molar-refractivity contribution is -0.212. The molecule has 0 heterocycles. The minimum absolute atomic E-state index is 0.0152. The number of ether oxygens (including phenoxy) is 1. The maximum Gasteiger partial charge on any atom is 0.302 e. The zero-order valence-corrected chi connectivity index (χ0v) is 34.1. The highest BCUT2D eigenvalue weighted by molar-refractivity contribution is 7.99. The van der Waals surface area contributed by atoms with Gasteiger partial charge in [0.05, 0.1) is 0 Å². The van der Waals surface area contributed by atoms with Crippen LogP contribution in [-0.4, -0.2) is 36.0 Å². The highest BCUT2D eigenvalue weighted by Gasteiger charge is 2.68. The van der Waals surface area contributed by atoms with Crippen LogP contribution in [0.15, 0.2) is 34.9 Å². The lowest BCUT2D eigenvalue weighted by Crippen LogP contribution is -2.64. The van der Waals surface area contributed by atoms with Gasteiger partial charge in [0.15, 0.2) is 0 Å². The Morgan fingerprint density at radius 1 is 0.898 bits per heavy atom. The Kier molecular flexibility index (Phi) is 11.2. The van der Waals surface area contributed by atoms with E-state index in [4.69, 9.17) is 4.74 Å². The van der Waals surface area contributed by atoms with E-state index in [1.165, 1.54) is 36.8 Å². The quantitative estimate of drug-likeness (QED) is 0.141. The van der Waals surface area contributed by atoms with E-state index in [2.05, 4.69) is 92.8 Å². The smallest absolute Gasteiger partial charge is 0.302 e. The van der Waals surface area contributed by atoms with Crippen molar-refractivity contribution in [3.63, 3.8) is 0 Å². The number of carbonyl (C=O) groups excluding carboxylic acids is 2. The summed E-state index contributed by atoms with van der Waals surface area (Å²) in [5.41, 5.74) is 5.14. The third-order valence-corrected chi connectivity index (χ3v) is 16.7. The zero-order chi connectivity index (χ0) is 36.0. The number of rotatable bonds is 10. The second-order valence-corrected chi connectivity index (χ2v) is 20.6. The number of carbonyl (C=O) groups is 2. The summed E-state index contributed by atoms with van der Waals surface area (Å²) < 4.78 is 5.96. The van der Waals surface area contributed by atoms with Gasteiger partial charge in [0.1, 0.15) is 6.10 Å². The molecule has 2 unspecified atom stereocenters. The number of nitrogens with one attached hydrogen (secondary N) is 1. The first-order valence-corrected chi connectivity index (χ1v) is 21.0. The minimum Gasteiger partial charge on any atom is -0.462 e. The molecule has 0 aromatic heterocycles. The van der Waals surface area contributed by atoms with Gasteiger partial charge in [-0.15, -0.1) is 0 Å². The SMILES string of the molecule is CC(=O)O[C@H]1CC[C@@]2(C)C(CC[C@]3(C)[C@@H]2CC=C2[C@@H]4CC(C)(C(=O)NCCSCC=C(C)CCC=C(C)C)CC[C@]4(C)CC[C@]23C)C1(C)C. The van der Waals surface area contributed by atoms with Gasteiger partial charge in [0.2, 0.25) is 5.91 Å². The number of allylic oxidation sites excluding steroid dienone is 5. The highest BCUT2D eigenvalue weighted by Crippen LogP contribution is 2.75. The molecule has 0 bridgehead atoms. The number of thioether (sulfide) groups is 1. The van der Waals surface area contributed by atoms with Crippen molar-refractivity contribution in [2.75, 3.05) is 18.1 Å². The molecule has 0 spiro atoms. The molecule has 0 saturated heterocycles. The Balaban J connectivity index is 1.27. The highest BCUT2D eigenvalue weighted by atomic mass is 32.2. The first-order chi connectivity index (χ1) is 22.8. The summed E-state index contributed by atoms with van der Waals surface area (Å²) in [4.78, 5) is 25.9. The molecule has 1 N–H and O–H groups in total. The summed E-state index contributed by atoms with van der Waals surface area (Å²) in [5.74, 6) is 3.77. The van der Waals surface area contributed by atoms with Crippen molar-refractivity contribution in [3.05, 3.63) is 34.9 Å². The Hall–Kier alpha value is -1.49. The van der Waals surface area contributed by atoms with Crippen molar-refractivity contribution in [2.45, 2.75) is 159 Å². The van der Waals surface area contributed by atoms with E-state index in [0.717, 1.165) is 69.4 Å². The van der Waals surface area contributed by atoms with E-state index in [1.54, 1.807) is 12.5 Å². The average molecular weight is 694 g/mol. The normalized spacial score (nSPS) is 41.2. The maximum atomic E-state index is 13.9. The van der Waals surface area contributed by atoms with E-state index in [1.807, 2.05) is 11.8 Å². The molecule has 0 radical (unpaired) electrons.